The van der Waals surface area contributed by atoms with Gasteiger partial charge in [-0.1, -0.05) is 0 Å². The Labute approximate surface area is 107 Å². The lowest BCUT2D eigenvalue weighted by atomic mass is 9.82. The summed E-state index contributed by atoms with van der Waals surface area (Å²) in [7, 11) is 0. The van der Waals surface area contributed by atoms with E-state index in [1.165, 1.54) is 25.7 Å². The molecule has 4 heteroatoms. The minimum Gasteiger partial charge on any atom is -0.379 e. The average Bonchev–Trinajstić information content (AvgIpc) is 3.08. The zero-order valence-electron chi connectivity index (χ0n) is 10.2. The molecule has 3 rings (SSSR count). The van der Waals surface area contributed by atoms with Crippen LogP contribution in [0.4, 0.5) is 0 Å². The van der Waals surface area contributed by atoms with Crippen LogP contribution in [0.1, 0.15) is 38.5 Å². The Kier molecular flexibility index (Phi) is 3.34. The molecule has 2 aliphatic carbocycles. The highest BCUT2D eigenvalue weighted by Crippen LogP contribution is 2.39. The van der Waals surface area contributed by atoms with Gasteiger partial charge < -0.3 is 4.74 Å². The van der Waals surface area contributed by atoms with Gasteiger partial charge in [0.05, 0.1) is 24.5 Å². The van der Waals surface area contributed by atoms with Gasteiger partial charge in [-0.25, -0.2) is 0 Å². The molecule has 0 radical (unpaired) electrons. The van der Waals surface area contributed by atoms with Crippen LogP contribution < -0.4 is 5.32 Å². The second-order valence-corrected chi connectivity index (χ2v) is 7.23. The first-order chi connectivity index (χ1) is 8.30. The minimum atomic E-state index is -0.221. The maximum absolute atomic E-state index is 9.49. The number of hydrogen-bond donors (Lipinski definition) is 1. The van der Waals surface area contributed by atoms with Crippen LogP contribution >= 0.6 is 11.8 Å². The fourth-order valence-electron chi connectivity index (χ4n) is 2.79. The van der Waals surface area contributed by atoms with Crippen LogP contribution in [0.5, 0.6) is 0 Å². The van der Waals surface area contributed by atoms with Gasteiger partial charge >= 0.3 is 0 Å². The molecule has 0 amide bonds. The van der Waals surface area contributed by atoms with E-state index in [0.717, 1.165) is 26.1 Å². The van der Waals surface area contributed by atoms with Crippen molar-refractivity contribution >= 4 is 11.8 Å². The Hall–Kier alpha value is -0.240. The van der Waals surface area contributed by atoms with Gasteiger partial charge in [-0.15, -0.1) is 0 Å². The zero-order chi connectivity index (χ0) is 11.7. The molecule has 3 fully saturated rings. The average molecular weight is 252 g/mol. The summed E-state index contributed by atoms with van der Waals surface area (Å²) in [6.45, 7) is 1.83. The highest BCUT2D eigenvalue weighted by molar-refractivity contribution is 8.00. The molecule has 0 aromatic heterocycles. The van der Waals surface area contributed by atoms with E-state index in [2.05, 4.69) is 23.1 Å². The summed E-state index contributed by atoms with van der Waals surface area (Å²) in [6.07, 6.45) is 7.06. The lowest BCUT2D eigenvalue weighted by Gasteiger charge is -2.39. The third kappa shape index (κ3) is 2.78. The van der Waals surface area contributed by atoms with Crippen LogP contribution in [-0.4, -0.2) is 35.3 Å². The number of rotatable bonds is 4. The van der Waals surface area contributed by atoms with Crippen molar-refractivity contribution in [2.75, 3.05) is 13.2 Å². The molecule has 3 aliphatic rings. The van der Waals surface area contributed by atoms with Crippen molar-refractivity contribution in [1.82, 2.24) is 5.32 Å². The number of nitrogens with one attached hydrogen (secondary N) is 1. The van der Waals surface area contributed by atoms with Crippen molar-refractivity contribution in [3.8, 4) is 6.07 Å². The Morgan fingerprint density at radius 2 is 2.06 bits per heavy atom. The number of nitriles is 1. The summed E-state index contributed by atoms with van der Waals surface area (Å²) in [6, 6.07) is 3.20. The number of thioether (sulfide) groups is 1. The van der Waals surface area contributed by atoms with Gasteiger partial charge in [-0.3, -0.25) is 5.32 Å². The van der Waals surface area contributed by atoms with Gasteiger partial charge in [0.2, 0.25) is 0 Å². The van der Waals surface area contributed by atoms with Crippen LogP contribution in [0.3, 0.4) is 0 Å². The first-order valence-electron chi connectivity index (χ1n) is 6.72. The molecule has 17 heavy (non-hydrogen) atoms. The monoisotopic (exact) mass is 252 g/mol. The summed E-state index contributed by atoms with van der Waals surface area (Å²) in [5.41, 5.74) is -0.221. The molecule has 1 heterocycles. The topological polar surface area (TPSA) is 45.0 Å². The first kappa shape index (κ1) is 11.8. The predicted octanol–water partition coefficient (Wildman–Crippen LogP) is 2.08. The lowest BCUT2D eigenvalue weighted by molar-refractivity contribution is 0.0451. The van der Waals surface area contributed by atoms with Crippen molar-refractivity contribution in [3.05, 3.63) is 0 Å². The fourth-order valence-corrected chi connectivity index (χ4v) is 4.37. The van der Waals surface area contributed by atoms with Crippen LogP contribution in [-0.2, 0) is 4.74 Å². The van der Waals surface area contributed by atoms with Gasteiger partial charge in [-0.05, 0) is 38.5 Å². The first-order valence-corrected chi connectivity index (χ1v) is 7.66. The normalized spacial score (nSPS) is 38.4. The maximum Gasteiger partial charge on any atom is 0.108 e. The summed E-state index contributed by atoms with van der Waals surface area (Å²) >= 11 is 2.06. The van der Waals surface area contributed by atoms with E-state index in [1.807, 2.05) is 0 Å². The molecule has 1 N–H and O–H groups in total. The third-order valence-electron chi connectivity index (χ3n) is 3.97. The van der Waals surface area contributed by atoms with E-state index in [0.29, 0.717) is 16.5 Å². The van der Waals surface area contributed by atoms with Gasteiger partial charge in [0.15, 0.2) is 0 Å². The second kappa shape index (κ2) is 4.79. The Morgan fingerprint density at radius 3 is 2.65 bits per heavy atom. The van der Waals surface area contributed by atoms with Gasteiger partial charge in [0.1, 0.15) is 5.54 Å². The summed E-state index contributed by atoms with van der Waals surface area (Å²) in [4.78, 5) is 0. The van der Waals surface area contributed by atoms with Crippen LogP contribution in [0, 0.1) is 11.3 Å². The predicted molar refractivity (Wildman–Crippen MR) is 69.0 cm³/mol. The second-order valence-electron chi connectivity index (χ2n) is 5.63. The number of hydrogen-bond acceptors (Lipinski definition) is 4. The Bertz CT molecular complexity index is 322. The molecule has 0 aromatic rings. The van der Waals surface area contributed by atoms with Crippen LogP contribution in [0.15, 0.2) is 0 Å². The van der Waals surface area contributed by atoms with Gasteiger partial charge in [-0.2, -0.15) is 17.0 Å². The summed E-state index contributed by atoms with van der Waals surface area (Å²) in [5.74, 6) is 0. The Morgan fingerprint density at radius 1 is 1.24 bits per heavy atom. The minimum absolute atomic E-state index is 0.221. The summed E-state index contributed by atoms with van der Waals surface area (Å²) < 4.78 is 5.23. The summed E-state index contributed by atoms with van der Waals surface area (Å²) in [5, 5.41) is 14.4. The fraction of sp³-hybridized carbons (Fsp3) is 0.923. The van der Waals surface area contributed by atoms with Crippen molar-refractivity contribution in [1.29, 1.82) is 5.26 Å². The third-order valence-corrected chi connectivity index (χ3v) is 5.41. The molecule has 0 aromatic carbocycles. The molecule has 2 atom stereocenters. The van der Waals surface area contributed by atoms with Crippen LogP contribution in [0.25, 0.3) is 0 Å². The molecule has 3 nitrogen and oxygen atoms in total. The molecule has 94 valence electrons. The molecule has 0 spiro atoms. The maximum atomic E-state index is 9.49. The van der Waals surface area contributed by atoms with E-state index in [4.69, 9.17) is 4.74 Å². The van der Waals surface area contributed by atoms with E-state index < -0.39 is 0 Å². The van der Waals surface area contributed by atoms with Crippen molar-refractivity contribution in [2.24, 2.45) is 0 Å². The molecular formula is C13H20N2OS. The number of ether oxygens (including phenoxy) is 1. The molecule has 2 unspecified atom stereocenters. The lowest BCUT2D eigenvalue weighted by Crippen LogP contribution is -2.50. The van der Waals surface area contributed by atoms with E-state index >= 15 is 0 Å². The molecule has 0 bridgehead atoms. The quantitative estimate of drug-likeness (QED) is 0.832. The van der Waals surface area contributed by atoms with Crippen molar-refractivity contribution < 1.29 is 4.74 Å². The standard InChI is InChI=1S/C13H20N2OS/c14-9-13(15-10-3-4-10)5-1-2-11(6-13)17-12-7-16-8-12/h10-12,15H,1-8H2. The molecular weight excluding hydrogens is 232 g/mol. The highest BCUT2D eigenvalue weighted by Gasteiger charge is 2.41. The van der Waals surface area contributed by atoms with Crippen molar-refractivity contribution in [3.63, 3.8) is 0 Å². The van der Waals surface area contributed by atoms with Crippen molar-refractivity contribution in [2.45, 2.75) is 60.6 Å². The number of nitrogens with zero attached hydrogens (tertiary/aromatic N) is 1. The van der Waals surface area contributed by atoms with Crippen LogP contribution in [0.2, 0.25) is 0 Å². The smallest absolute Gasteiger partial charge is 0.108 e. The molecule has 1 aliphatic heterocycles. The van der Waals surface area contributed by atoms with E-state index in [-0.39, 0.29) is 5.54 Å². The van der Waals surface area contributed by atoms with Gasteiger partial charge in [0.25, 0.3) is 0 Å². The van der Waals surface area contributed by atoms with E-state index in [1.54, 1.807) is 0 Å². The van der Waals surface area contributed by atoms with Gasteiger partial charge in [0, 0.05) is 11.3 Å². The molecule has 2 saturated carbocycles. The highest BCUT2D eigenvalue weighted by atomic mass is 32.2. The molecule has 1 saturated heterocycles. The largest absolute Gasteiger partial charge is 0.379 e. The zero-order valence-corrected chi connectivity index (χ0v) is 11.0. The van der Waals surface area contributed by atoms with E-state index in [9.17, 15) is 5.26 Å². The SMILES string of the molecule is N#CC1(NC2CC2)CCCC(SC2COC2)C1. The Balaban J connectivity index is 1.57.